The number of fused-ring (bicyclic) bond motifs is 1. The molecule has 6 rings (SSSR count). The van der Waals surface area contributed by atoms with Gasteiger partial charge in [-0.15, -0.1) is 0 Å². The van der Waals surface area contributed by atoms with Crippen LogP contribution < -0.4 is 4.90 Å². The maximum absolute atomic E-state index is 12.9. The number of rotatable bonds is 4. The van der Waals surface area contributed by atoms with E-state index < -0.39 is 0 Å². The highest BCUT2D eigenvalue weighted by Gasteiger charge is 2.23. The van der Waals surface area contributed by atoms with Crippen molar-refractivity contribution in [3.05, 3.63) is 66.7 Å². The van der Waals surface area contributed by atoms with E-state index in [0.29, 0.717) is 17.8 Å². The minimum Gasteiger partial charge on any atom is -0.337 e. The summed E-state index contributed by atoms with van der Waals surface area (Å²) in [6.07, 6.45) is 9.09. The lowest BCUT2D eigenvalue weighted by Crippen LogP contribution is -2.27. The number of likely N-dealkylation sites (tertiary alicyclic amines) is 1. The van der Waals surface area contributed by atoms with Crippen molar-refractivity contribution >= 4 is 28.5 Å². The number of hydrogen-bond acceptors (Lipinski definition) is 4. The van der Waals surface area contributed by atoms with E-state index >= 15 is 0 Å². The highest BCUT2D eigenvalue weighted by molar-refractivity contribution is 6.02. The molecule has 0 atom stereocenters. The summed E-state index contributed by atoms with van der Waals surface area (Å²) in [4.78, 5) is 40.8. The van der Waals surface area contributed by atoms with Crippen LogP contribution in [0.1, 0.15) is 36.2 Å². The molecule has 2 fully saturated rings. The largest absolute Gasteiger partial charge is 0.337 e. The van der Waals surface area contributed by atoms with Crippen LogP contribution in [0.2, 0.25) is 0 Å². The van der Waals surface area contributed by atoms with Gasteiger partial charge in [-0.25, -0.2) is 4.98 Å². The van der Waals surface area contributed by atoms with Crippen molar-refractivity contribution in [2.45, 2.75) is 25.7 Å². The first kappa shape index (κ1) is 20.6. The molecular weight excluding hydrogens is 426 g/mol. The molecule has 2 saturated heterocycles. The Balaban J connectivity index is 1.32. The van der Waals surface area contributed by atoms with Gasteiger partial charge in [-0.1, -0.05) is 12.1 Å². The third-order valence-corrected chi connectivity index (χ3v) is 6.79. The molecule has 0 bridgehead atoms. The number of benzene rings is 1. The molecule has 5 heterocycles. The lowest BCUT2D eigenvalue weighted by molar-refractivity contribution is -0.117. The van der Waals surface area contributed by atoms with E-state index in [1.54, 1.807) is 6.20 Å². The van der Waals surface area contributed by atoms with Crippen molar-refractivity contribution in [1.82, 2.24) is 19.9 Å². The molecule has 2 aliphatic rings. The van der Waals surface area contributed by atoms with E-state index in [4.69, 9.17) is 0 Å². The van der Waals surface area contributed by atoms with Crippen LogP contribution in [-0.4, -0.2) is 51.3 Å². The zero-order valence-electron chi connectivity index (χ0n) is 18.8. The highest BCUT2D eigenvalue weighted by Crippen LogP contribution is 2.32. The number of carbonyl (C=O) groups is 2. The van der Waals surface area contributed by atoms with Crippen LogP contribution in [0.25, 0.3) is 33.3 Å². The third-order valence-electron chi connectivity index (χ3n) is 6.79. The maximum Gasteiger partial charge on any atom is 0.270 e. The van der Waals surface area contributed by atoms with Crippen molar-refractivity contribution < 1.29 is 9.59 Å². The molecule has 4 aromatic rings. The number of nitrogens with zero attached hydrogens (tertiary/aromatic N) is 4. The number of anilines is 1. The molecule has 1 aromatic carbocycles. The first-order valence-electron chi connectivity index (χ1n) is 11.8. The molecular formula is C27H25N5O2. The average molecular weight is 452 g/mol. The lowest BCUT2D eigenvalue weighted by atomic mass is 10.0. The summed E-state index contributed by atoms with van der Waals surface area (Å²) in [5.74, 6) is 0.220. The smallest absolute Gasteiger partial charge is 0.270 e. The van der Waals surface area contributed by atoms with Gasteiger partial charge in [0.25, 0.3) is 5.91 Å². The Hall–Kier alpha value is -4.00. The van der Waals surface area contributed by atoms with Crippen LogP contribution >= 0.6 is 0 Å². The molecule has 3 aromatic heterocycles. The average Bonchev–Trinajstić information content (AvgIpc) is 3.64. The van der Waals surface area contributed by atoms with Crippen LogP contribution in [0.5, 0.6) is 0 Å². The van der Waals surface area contributed by atoms with Gasteiger partial charge in [0.05, 0.1) is 0 Å². The predicted octanol–water partition coefficient (Wildman–Crippen LogP) is 4.65. The molecule has 34 heavy (non-hydrogen) atoms. The number of amides is 2. The molecule has 170 valence electrons. The van der Waals surface area contributed by atoms with Crippen molar-refractivity contribution in [2.24, 2.45) is 0 Å². The summed E-state index contributed by atoms with van der Waals surface area (Å²) in [5, 5.41) is 0.909. The Morgan fingerprint density at radius 3 is 2.44 bits per heavy atom. The molecule has 1 N–H and O–H groups in total. The standard InChI is InChI=1S/C27H25N5O2/c33-25-4-3-13-32(25)21-7-5-18(6-8-21)19-14-20(17-28-16-19)22-9-10-29-26-23(22)15-24(30-26)27(34)31-11-1-2-12-31/h5-10,14-17H,1-4,11-13H2,(H,29,30). The van der Waals surface area contributed by atoms with Gasteiger partial charge in [0, 0.05) is 66.8 Å². The Kier molecular flexibility index (Phi) is 5.09. The van der Waals surface area contributed by atoms with Gasteiger partial charge >= 0.3 is 0 Å². The van der Waals surface area contributed by atoms with Crippen LogP contribution in [-0.2, 0) is 4.79 Å². The zero-order chi connectivity index (χ0) is 23.1. The first-order chi connectivity index (χ1) is 16.7. The van der Waals surface area contributed by atoms with E-state index in [1.165, 1.54) is 0 Å². The molecule has 7 heteroatoms. The second kappa shape index (κ2) is 8.41. The molecule has 0 spiro atoms. The number of hydrogen-bond donors (Lipinski definition) is 1. The summed E-state index contributed by atoms with van der Waals surface area (Å²) in [7, 11) is 0. The number of nitrogens with one attached hydrogen (secondary N) is 1. The van der Waals surface area contributed by atoms with Crippen LogP contribution in [0.15, 0.2) is 61.1 Å². The monoisotopic (exact) mass is 451 g/mol. The minimum absolute atomic E-state index is 0.0323. The zero-order valence-corrected chi connectivity index (χ0v) is 18.8. The van der Waals surface area contributed by atoms with Gasteiger partial charge in [0.1, 0.15) is 11.3 Å². The van der Waals surface area contributed by atoms with Gasteiger partial charge in [0.15, 0.2) is 0 Å². The van der Waals surface area contributed by atoms with Crippen molar-refractivity contribution in [3.8, 4) is 22.3 Å². The van der Waals surface area contributed by atoms with E-state index in [0.717, 1.165) is 72.2 Å². The molecule has 7 nitrogen and oxygen atoms in total. The summed E-state index contributed by atoms with van der Waals surface area (Å²) in [6.45, 7) is 2.41. The van der Waals surface area contributed by atoms with Gasteiger partial charge in [-0.05, 0) is 60.7 Å². The molecule has 0 unspecified atom stereocenters. The molecule has 2 amide bonds. The van der Waals surface area contributed by atoms with Gasteiger partial charge in [-0.2, -0.15) is 0 Å². The molecule has 2 aliphatic heterocycles. The minimum atomic E-state index is 0.0323. The SMILES string of the molecule is O=C(c1cc2c(-c3cncc(-c4ccc(N5CCCC5=O)cc4)c3)ccnc2[nH]1)N1CCCC1. The second-order valence-electron chi connectivity index (χ2n) is 8.96. The maximum atomic E-state index is 12.9. The lowest BCUT2D eigenvalue weighted by Gasteiger charge is -2.16. The third kappa shape index (κ3) is 3.63. The van der Waals surface area contributed by atoms with E-state index in [1.807, 2.05) is 58.6 Å². The van der Waals surface area contributed by atoms with E-state index in [9.17, 15) is 9.59 Å². The number of aromatic amines is 1. The summed E-state index contributed by atoms with van der Waals surface area (Å²) in [5.41, 5.74) is 6.18. The van der Waals surface area contributed by atoms with Gasteiger partial charge in [0.2, 0.25) is 5.91 Å². The molecule has 0 radical (unpaired) electrons. The fourth-order valence-corrected chi connectivity index (χ4v) is 4.98. The first-order valence-corrected chi connectivity index (χ1v) is 11.8. The van der Waals surface area contributed by atoms with Crippen molar-refractivity contribution in [3.63, 3.8) is 0 Å². The Bertz CT molecular complexity index is 1390. The van der Waals surface area contributed by atoms with Crippen LogP contribution in [0.3, 0.4) is 0 Å². The highest BCUT2D eigenvalue weighted by atomic mass is 16.2. The Morgan fingerprint density at radius 1 is 0.882 bits per heavy atom. The van der Waals surface area contributed by atoms with Crippen LogP contribution in [0.4, 0.5) is 5.69 Å². The van der Waals surface area contributed by atoms with Crippen LogP contribution in [0, 0.1) is 0 Å². The summed E-state index contributed by atoms with van der Waals surface area (Å²) in [6, 6.07) is 14.0. The topological polar surface area (TPSA) is 82.2 Å². The van der Waals surface area contributed by atoms with Gasteiger partial charge < -0.3 is 14.8 Å². The molecule has 0 aliphatic carbocycles. The van der Waals surface area contributed by atoms with Crippen molar-refractivity contribution in [1.29, 1.82) is 0 Å². The summed E-state index contributed by atoms with van der Waals surface area (Å²) >= 11 is 0. The van der Waals surface area contributed by atoms with Crippen molar-refractivity contribution in [2.75, 3.05) is 24.5 Å². The predicted molar refractivity (Wildman–Crippen MR) is 131 cm³/mol. The fourth-order valence-electron chi connectivity index (χ4n) is 4.98. The Morgan fingerprint density at radius 2 is 1.68 bits per heavy atom. The van der Waals surface area contributed by atoms with E-state index in [2.05, 4.69) is 21.0 Å². The number of H-pyrrole nitrogens is 1. The summed E-state index contributed by atoms with van der Waals surface area (Å²) < 4.78 is 0. The number of aromatic nitrogens is 3. The second-order valence-corrected chi connectivity index (χ2v) is 8.96. The number of pyridine rings is 2. The molecule has 0 saturated carbocycles. The van der Waals surface area contributed by atoms with E-state index in [-0.39, 0.29) is 11.8 Å². The Labute approximate surface area is 197 Å². The van der Waals surface area contributed by atoms with Gasteiger partial charge in [-0.3, -0.25) is 14.6 Å². The quantitative estimate of drug-likeness (QED) is 0.489. The number of carbonyl (C=O) groups excluding carboxylic acids is 2. The fraction of sp³-hybridized carbons (Fsp3) is 0.259. The normalized spacial score (nSPS) is 16.1.